The molecule has 0 saturated heterocycles. The molecule has 98 valence electrons. The predicted octanol–water partition coefficient (Wildman–Crippen LogP) is 2.18. The quantitative estimate of drug-likeness (QED) is 0.879. The van der Waals surface area contributed by atoms with Gasteiger partial charge in [-0.05, 0) is 12.8 Å². The zero-order valence-electron chi connectivity index (χ0n) is 9.99. The van der Waals surface area contributed by atoms with Crippen LogP contribution in [0.25, 0.3) is 0 Å². The Kier molecular flexibility index (Phi) is 3.02. The highest BCUT2D eigenvalue weighted by atomic mass is 35.5. The Morgan fingerprint density at radius 2 is 2.00 bits per heavy atom. The van der Waals surface area contributed by atoms with Gasteiger partial charge in [-0.15, -0.1) is 0 Å². The number of carbonyl (C=O) groups is 1. The van der Waals surface area contributed by atoms with Gasteiger partial charge in [0.1, 0.15) is 11.2 Å². The lowest BCUT2D eigenvalue weighted by atomic mass is 9.93. The van der Waals surface area contributed by atoms with Crippen LogP contribution in [0.15, 0.2) is 6.07 Å². The van der Waals surface area contributed by atoms with Gasteiger partial charge in [-0.2, -0.15) is 0 Å². The van der Waals surface area contributed by atoms with Gasteiger partial charge in [-0.1, -0.05) is 11.6 Å². The number of halogens is 1. The Balaban J connectivity index is 2.72. The fraction of sp³-hybridized carbons (Fsp3) is 0.417. The van der Waals surface area contributed by atoms with Crippen molar-refractivity contribution in [1.82, 2.24) is 0 Å². The lowest BCUT2D eigenvalue weighted by molar-refractivity contribution is -0.140. The number of hydrogen-bond acceptors (Lipinski definition) is 4. The van der Waals surface area contributed by atoms with Crippen LogP contribution in [-0.2, 0) is 10.2 Å². The number of carboxylic acids is 1. The van der Waals surface area contributed by atoms with E-state index < -0.39 is 11.4 Å². The molecule has 1 aliphatic carbocycles. The Bertz CT molecular complexity index is 508. The van der Waals surface area contributed by atoms with E-state index in [1.807, 2.05) is 0 Å². The molecule has 0 heterocycles. The van der Waals surface area contributed by atoms with Crippen LogP contribution in [0.1, 0.15) is 18.4 Å². The molecule has 0 atom stereocenters. The number of carboxylic acid groups (broad SMARTS) is 1. The van der Waals surface area contributed by atoms with E-state index >= 15 is 0 Å². The maximum Gasteiger partial charge on any atom is 0.314 e. The van der Waals surface area contributed by atoms with Gasteiger partial charge in [-0.25, -0.2) is 0 Å². The van der Waals surface area contributed by atoms with E-state index in [0.717, 1.165) is 0 Å². The molecule has 1 aliphatic rings. The minimum Gasteiger partial charge on any atom is -0.506 e. The molecule has 18 heavy (non-hydrogen) atoms. The summed E-state index contributed by atoms with van der Waals surface area (Å²) in [6.07, 6.45) is 0.880. The Morgan fingerprint density at radius 1 is 1.39 bits per heavy atom. The van der Waals surface area contributed by atoms with Gasteiger partial charge in [0.25, 0.3) is 0 Å². The maximum atomic E-state index is 11.4. The zero-order chi connectivity index (χ0) is 13.5. The molecule has 0 spiro atoms. The number of rotatable bonds is 4. The molecule has 2 N–H and O–H groups in total. The number of aliphatic carboxylic acids is 1. The van der Waals surface area contributed by atoms with Gasteiger partial charge in [0.15, 0.2) is 11.5 Å². The molecule has 6 heteroatoms. The van der Waals surface area contributed by atoms with Crippen molar-refractivity contribution in [2.75, 3.05) is 14.2 Å². The first kappa shape index (κ1) is 12.8. The number of aromatic hydroxyl groups is 1. The summed E-state index contributed by atoms with van der Waals surface area (Å²) in [6, 6.07) is 1.40. The number of phenols is 1. The first-order valence-electron chi connectivity index (χ1n) is 5.35. The number of benzene rings is 1. The predicted molar refractivity (Wildman–Crippen MR) is 64.8 cm³/mol. The summed E-state index contributed by atoms with van der Waals surface area (Å²) in [4.78, 5) is 11.4. The van der Waals surface area contributed by atoms with Crippen LogP contribution >= 0.6 is 11.6 Å². The minimum absolute atomic E-state index is 0.0511. The second-order valence-electron chi connectivity index (χ2n) is 4.20. The first-order chi connectivity index (χ1) is 8.47. The normalized spacial score (nSPS) is 16.2. The Labute approximate surface area is 109 Å². The smallest absolute Gasteiger partial charge is 0.314 e. The largest absolute Gasteiger partial charge is 0.506 e. The molecule has 0 aliphatic heterocycles. The van der Waals surface area contributed by atoms with Crippen molar-refractivity contribution in [2.45, 2.75) is 18.3 Å². The van der Waals surface area contributed by atoms with E-state index in [0.29, 0.717) is 18.6 Å². The SMILES string of the molecule is COc1cc(Cl)c(O)c(C2(C(=O)O)CC2)c1OC. The third-order valence-corrected chi connectivity index (χ3v) is 3.52. The molecule has 1 aromatic carbocycles. The first-order valence-corrected chi connectivity index (χ1v) is 5.73. The summed E-state index contributed by atoms with van der Waals surface area (Å²) < 4.78 is 10.3. The second kappa shape index (κ2) is 4.24. The number of methoxy groups -OCH3 is 2. The molecule has 5 nitrogen and oxygen atoms in total. The van der Waals surface area contributed by atoms with E-state index in [4.69, 9.17) is 21.1 Å². The topological polar surface area (TPSA) is 76.0 Å². The lowest BCUT2D eigenvalue weighted by Gasteiger charge is -2.19. The molecule has 0 aromatic heterocycles. The third-order valence-electron chi connectivity index (χ3n) is 3.23. The van der Waals surface area contributed by atoms with Crippen LogP contribution < -0.4 is 9.47 Å². The van der Waals surface area contributed by atoms with Gasteiger partial charge in [0.2, 0.25) is 0 Å². The van der Waals surface area contributed by atoms with Crippen molar-refractivity contribution in [2.24, 2.45) is 0 Å². The van der Waals surface area contributed by atoms with Crippen LogP contribution in [0, 0.1) is 0 Å². The van der Waals surface area contributed by atoms with Crippen LogP contribution in [0.4, 0.5) is 0 Å². The monoisotopic (exact) mass is 272 g/mol. The van der Waals surface area contributed by atoms with Gasteiger partial charge in [0.05, 0.1) is 24.8 Å². The van der Waals surface area contributed by atoms with Crippen LogP contribution in [0.3, 0.4) is 0 Å². The molecule has 2 rings (SSSR count). The molecule has 1 saturated carbocycles. The summed E-state index contributed by atoms with van der Waals surface area (Å²) in [5.41, 5.74) is -0.921. The zero-order valence-corrected chi connectivity index (χ0v) is 10.7. The molecule has 1 fully saturated rings. The van der Waals surface area contributed by atoms with E-state index in [2.05, 4.69) is 0 Å². The van der Waals surface area contributed by atoms with Crippen LogP contribution in [-0.4, -0.2) is 30.4 Å². The summed E-state index contributed by atoms with van der Waals surface area (Å²) >= 11 is 5.89. The van der Waals surface area contributed by atoms with Crippen molar-refractivity contribution in [1.29, 1.82) is 0 Å². The standard InChI is InChI=1S/C12H13ClO5/c1-17-7-5-6(13)9(14)8(10(7)18-2)12(3-4-12)11(15)16/h5,14H,3-4H2,1-2H3,(H,15,16). The van der Waals surface area contributed by atoms with Gasteiger partial charge < -0.3 is 19.7 Å². The lowest BCUT2D eigenvalue weighted by Crippen LogP contribution is -2.21. The highest BCUT2D eigenvalue weighted by Gasteiger charge is 2.56. The van der Waals surface area contributed by atoms with Gasteiger partial charge >= 0.3 is 5.97 Å². The second-order valence-corrected chi connectivity index (χ2v) is 4.61. The summed E-state index contributed by atoms with van der Waals surface area (Å²) in [7, 11) is 2.82. The molecular formula is C12H13ClO5. The van der Waals surface area contributed by atoms with Crippen molar-refractivity contribution in [3.63, 3.8) is 0 Å². The number of hydrogen-bond donors (Lipinski definition) is 2. The third kappa shape index (κ3) is 1.66. The van der Waals surface area contributed by atoms with Crippen molar-refractivity contribution < 1.29 is 24.5 Å². The molecule has 0 amide bonds. The summed E-state index contributed by atoms with van der Waals surface area (Å²) in [6.45, 7) is 0. The Morgan fingerprint density at radius 3 is 2.39 bits per heavy atom. The van der Waals surface area contributed by atoms with E-state index in [-0.39, 0.29) is 22.1 Å². The van der Waals surface area contributed by atoms with Gasteiger partial charge in [0, 0.05) is 6.07 Å². The highest BCUT2D eigenvalue weighted by molar-refractivity contribution is 6.32. The Hall–Kier alpha value is -1.62. The summed E-state index contributed by atoms with van der Waals surface area (Å²) in [5, 5.41) is 19.4. The number of ether oxygens (including phenoxy) is 2. The molecular weight excluding hydrogens is 260 g/mol. The van der Waals surface area contributed by atoms with E-state index in [1.165, 1.54) is 20.3 Å². The van der Waals surface area contributed by atoms with Gasteiger partial charge in [-0.3, -0.25) is 4.79 Å². The minimum atomic E-state index is -1.12. The van der Waals surface area contributed by atoms with Crippen LogP contribution in [0.5, 0.6) is 17.2 Å². The van der Waals surface area contributed by atoms with Crippen LogP contribution in [0.2, 0.25) is 5.02 Å². The molecule has 0 bridgehead atoms. The maximum absolute atomic E-state index is 11.4. The number of phenolic OH excluding ortho intramolecular Hbond substituents is 1. The molecule has 0 unspecified atom stereocenters. The fourth-order valence-corrected chi connectivity index (χ4v) is 2.29. The highest BCUT2D eigenvalue weighted by Crippen LogP contribution is 2.58. The van der Waals surface area contributed by atoms with Crippen molar-refractivity contribution >= 4 is 17.6 Å². The van der Waals surface area contributed by atoms with E-state index in [9.17, 15) is 15.0 Å². The average molecular weight is 273 g/mol. The average Bonchev–Trinajstić information content (AvgIpc) is 3.12. The van der Waals surface area contributed by atoms with Crippen molar-refractivity contribution in [3.8, 4) is 17.2 Å². The molecule has 1 aromatic rings. The summed E-state index contributed by atoms with van der Waals surface area (Å²) in [5.74, 6) is -0.725. The van der Waals surface area contributed by atoms with E-state index in [1.54, 1.807) is 0 Å². The molecule has 0 radical (unpaired) electrons. The fourth-order valence-electron chi connectivity index (χ4n) is 2.09. The van der Waals surface area contributed by atoms with Crippen molar-refractivity contribution in [3.05, 3.63) is 16.7 Å².